The van der Waals surface area contributed by atoms with E-state index in [-0.39, 0.29) is 12.6 Å². The Morgan fingerprint density at radius 1 is 1.56 bits per heavy atom. The van der Waals surface area contributed by atoms with Gasteiger partial charge in [0, 0.05) is 26.0 Å². The van der Waals surface area contributed by atoms with E-state index in [9.17, 15) is 8.78 Å². The average molecular weight is 233 g/mol. The Balaban J connectivity index is 2.39. The first-order chi connectivity index (χ1) is 7.61. The van der Waals surface area contributed by atoms with Gasteiger partial charge >= 0.3 is 0 Å². The van der Waals surface area contributed by atoms with E-state index in [1.807, 2.05) is 6.92 Å². The zero-order valence-electron chi connectivity index (χ0n) is 9.49. The molecule has 4 nitrogen and oxygen atoms in total. The van der Waals surface area contributed by atoms with Crippen LogP contribution in [0.25, 0.3) is 0 Å². The van der Waals surface area contributed by atoms with Crippen LogP contribution in [-0.4, -0.2) is 36.0 Å². The quantitative estimate of drug-likeness (QED) is 0.782. The summed E-state index contributed by atoms with van der Waals surface area (Å²) in [4.78, 5) is 0. The lowest BCUT2D eigenvalue weighted by Crippen LogP contribution is -2.16. The SMILES string of the molecule is COCCC(C)Nc1cnn(CC(F)F)c1. The second-order valence-electron chi connectivity index (χ2n) is 3.67. The predicted molar refractivity (Wildman–Crippen MR) is 57.8 cm³/mol. The summed E-state index contributed by atoms with van der Waals surface area (Å²) in [7, 11) is 1.65. The van der Waals surface area contributed by atoms with E-state index >= 15 is 0 Å². The van der Waals surface area contributed by atoms with Crippen molar-refractivity contribution in [3.63, 3.8) is 0 Å². The molecule has 0 bridgehead atoms. The largest absolute Gasteiger partial charge is 0.385 e. The highest BCUT2D eigenvalue weighted by atomic mass is 19.3. The fourth-order valence-electron chi connectivity index (χ4n) is 1.33. The molecule has 92 valence electrons. The number of ether oxygens (including phenoxy) is 1. The van der Waals surface area contributed by atoms with Crippen LogP contribution >= 0.6 is 0 Å². The molecule has 1 N–H and O–H groups in total. The van der Waals surface area contributed by atoms with Crippen LogP contribution in [0.3, 0.4) is 0 Å². The Labute approximate surface area is 93.6 Å². The van der Waals surface area contributed by atoms with Crippen molar-refractivity contribution in [1.29, 1.82) is 0 Å². The summed E-state index contributed by atoms with van der Waals surface area (Å²) < 4.78 is 30.3. The first kappa shape index (κ1) is 12.9. The lowest BCUT2D eigenvalue weighted by molar-refractivity contribution is 0.122. The number of hydrogen-bond acceptors (Lipinski definition) is 3. The van der Waals surface area contributed by atoms with Crippen molar-refractivity contribution in [2.24, 2.45) is 0 Å². The Kier molecular flexibility index (Phi) is 5.18. The molecule has 0 radical (unpaired) electrons. The third kappa shape index (κ3) is 4.57. The Morgan fingerprint density at radius 2 is 2.31 bits per heavy atom. The molecule has 1 aromatic heterocycles. The molecule has 0 saturated carbocycles. The smallest absolute Gasteiger partial charge is 0.257 e. The molecule has 0 aliphatic rings. The van der Waals surface area contributed by atoms with Gasteiger partial charge in [-0.25, -0.2) is 8.78 Å². The van der Waals surface area contributed by atoms with Crippen LogP contribution in [0.4, 0.5) is 14.5 Å². The van der Waals surface area contributed by atoms with Crippen molar-refractivity contribution in [2.45, 2.75) is 32.4 Å². The van der Waals surface area contributed by atoms with E-state index in [1.165, 1.54) is 4.68 Å². The second kappa shape index (κ2) is 6.42. The zero-order chi connectivity index (χ0) is 12.0. The summed E-state index contributed by atoms with van der Waals surface area (Å²) in [6, 6.07) is 0.226. The number of alkyl halides is 2. The van der Waals surface area contributed by atoms with Gasteiger partial charge in [0.25, 0.3) is 6.43 Å². The average Bonchev–Trinajstić information content (AvgIpc) is 2.61. The van der Waals surface area contributed by atoms with E-state index in [2.05, 4.69) is 10.4 Å². The van der Waals surface area contributed by atoms with Gasteiger partial charge in [-0.1, -0.05) is 0 Å². The van der Waals surface area contributed by atoms with Gasteiger partial charge in [-0.05, 0) is 13.3 Å². The van der Waals surface area contributed by atoms with E-state index in [0.29, 0.717) is 6.61 Å². The van der Waals surface area contributed by atoms with Gasteiger partial charge in [0.05, 0.1) is 11.9 Å². The van der Waals surface area contributed by atoms with Gasteiger partial charge in [-0.3, -0.25) is 4.68 Å². The number of nitrogens with one attached hydrogen (secondary N) is 1. The Bertz CT molecular complexity index is 304. The van der Waals surface area contributed by atoms with Crippen molar-refractivity contribution >= 4 is 5.69 Å². The summed E-state index contributed by atoms with van der Waals surface area (Å²) in [6.07, 6.45) is 1.61. The fraction of sp³-hybridized carbons (Fsp3) is 0.700. The van der Waals surface area contributed by atoms with E-state index in [4.69, 9.17) is 4.74 Å². The third-order valence-electron chi connectivity index (χ3n) is 2.13. The number of nitrogens with zero attached hydrogens (tertiary/aromatic N) is 2. The van der Waals surface area contributed by atoms with Crippen molar-refractivity contribution in [2.75, 3.05) is 19.0 Å². The first-order valence-corrected chi connectivity index (χ1v) is 5.18. The summed E-state index contributed by atoms with van der Waals surface area (Å²) in [5.41, 5.74) is 0.754. The third-order valence-corrected chi connectivity index (χ3v) is 2.13. The standard InChI is InChI=1S/C10H17F2N3O/c1-8(3-4-16-2)14-9-5-13-15(6-9)7-10(11)12/h5-6,8,10,14H,3-4,7H2,1-2H3. The van der Waals surface area contributed by atoms with Crippen LogP contribution in [0.5, 0.6) is 0 Å². The Hall–Kier alpha value is -1.17. The maximum Gasteiger partial charge on any atom is 0.257 e. The molecule has 1 rings (SSSR count). The topological polar surface area (TPSA) is 39.1 Å². The second-order valence-corrected chi connectivity index (χ2v) is 3.67. The van der Waals surface area contributed by atoms with Gasteiger partial charge in [0.15, 0.2) is 0 Å². The highest BCUT2D eigenvalue weighted by Crippen LogP contribution is 2.09. The van der Waals surface area contributed by atoms with Crippen molar-refractivity contribution in [3.05, 3.63) is 12.4 Å². The molecule has 0 fully saturated rings. The van der Waals surface area contributed by atoms with Crippen LogP contribution in [0.2, 0.25) is 0 Å². The maximum atomic E-state index is 12.1. The maximum absolute atomic E-state index is 12.1. The molecule has 6 heteroatoms. The molecule has 0 aliphatic carbocycles. The molecule has 1 heterocycles. The molecule has 0 amide bonds. The number of anilines is 1. The molecule has 1 atom stereocenters. The molecule has 0 saturated heterocycles. The number of rotatable bonds is 7. The highest BCUT2D eigenvalue weighted by molar-refractivity contribution is 5.38. The Morgan fingerprint density at radius 3 is 2.94 bits per heavy atom. The fourth-order valence-corrected chi connectivity index (χ4v) is 1.33. The minimum Gasteiger partial charge on any atom is -0.385 e. The van der Waals surface area contributed by atoms with Crippen molar-refractivity contribution in [3.8, 4) is 0 Å². The molecule has 0 aromatic carbocycles. The van der Waals surface area contributed by atoms with Crippen LogP contribution < -0.4 is 5.32 Å². The summed E-state index contributed by atoms with van der Waals surface area (Å²) >= 11 is 0. The van der Waals surface area contributed by atoms with Gasteiger partial charge in [0.1, 0.15) is 6.54 Å². The van der Waals surface area contributed by atoms with Crippen LogP contribution in [-0.2, 0) is 11.3 Å². The molecule has 0 spiro atoms. The number of aromatic nitrogens is 2. The molecule has 0 aliphatic heterocycles. The molecular formula is C10H17F2N3O. The van der Waals surface area contributed by atoms with E-state index in [1.54, 1.807) is 19.5 Å². The van der Waals surface area contributed by atoms with Gasteiger partial charge < -0.3 is 10.1 Å². The molecular weight excluding hydrogens is 216 g/mol. The monoisotopic (exact) mass is 233 g/mol. The predicted octanol–water partition coefficient (Wildman–Crippen LogP) is 1.99. The minimum absolute atomic E-state index is 0.226. The van der Waals surface area contributed by atoms with Crippen molar-refractivity contribution < 1.29 is 13.5 Å². The van der Waals surface area contributed by atoms with Crippen molar-refractivity contribution in [1.82, 2.24) is 9.78 Å². The minimum atomic E-state index is -2.38. The van der Waals surface area contributed by atoms with E-state index < -0.39 is 6.43 Å². The number of halogens is 2. The molecule has 16 heavy (non-hydrogen) atoms. The number of methoxy groups -OCH3 is 1. The highest BCUT2D eigenvalue weighted by Gasteiger charge is 2.07. The zero-order valence-corrected chi connectivity index (χ0v) is 9.49. The van der Waals surface area contributed by atoms with Gasteiger partial charge in [-0.15, -0.1) is 0 Å². The molecule has 1 aromatic rings. The lowest BCUT2D eigenvalue weighted by Gasteiger charge is -2.12. The lowest BCUT2D eigenvalue weighted by atomic mass is 10.2. The summed E-state index contributed by atoms with van der Waals surface area (Å²) in [5, 5.41) is 6.99. The summed E-state index contributed by atoms with van der Waals surface area (Å²) in [6.45, 7) is 2.30. The summed E-state index contributed by atoms with van der Waals surface area (Å²) in [5.74, 6) is 0. The first-order valence-electron chi connectivity index (χ1n) is 5.18. The molecule has 1 unspecified atom stereocenters. The van der Waals surface area contributed by atoms with E-state index in [0.717, 1.165) is 12.1 Å². The van der Waals surface area contributed by atoms with Crippen LogP contribution in [0, 0.1) is 0 Å². The van der Waals surface area contributed by atoms with Crippen LogP contribution in [0.1, 0.15) is 13.3 Å². The van der Waals surface area contributed by atoms with Crippen LogP contribution in [0.15, 0.2) is 12.4 Å². The normalized spacial score (nSPS) is 13.1. The number of hydrogen-bond donors (Lipinski definition) is 1. The van der Waals surface area contributed by atoms with Gasteiger partial charge in [-0.2, -0.15) is 5.10 Å². The van der Waals surface area contributed by atoms with Gasteiger partial charge in [0.2, 0.25) is 0 Å².